The van der Waals surface area contributed by atoms with Gasteiger partial charge in [-0.3, -0.25) is 9.69 Å². The molecule has 1 aliphatic heterocycles. The molecule has 112 valence electrons. The van der Waals surface area contributed by atoms with E-state index in [9.17, 15) is 17.8 Å². The third-order valence-electron chi connectivity index (χ3n) is 2.63. The molecule has 0 bridgehead atoms. The zero-order valence-electron chi connectivity index (χ0n) is 10.5. The maximum absolute atomic E-state index is 12.2. The summed E-state index contributed by atoms with van der Waals surface area (Å²) in [6.07, 6.45) is 1.68. The SMILES string of the molecule is O=C1/C(=C/c2ccccc2Br)SC(=S)N1CCS(=O)(=O)[O-]. The Balaban J connectivity index is 2.20. The van der Waals surface area contributed by atoms with Crippen LogP contribution in [0.5, 0.6) is 0 Å². The van der Waals surface area contributed by atoms with Crippen LogP contribution in [0.1, 0.15) is 5.56 Å². The zero-order chi connectivity index (χ0) is 15.6. The van der Waals surface area contributed by atoms with E-state index in [1.807, 2.05) is 24.3 Å². The van der Waals surface area contributed by atoms with Crippen molar-refractivity contribution in [1.82, 2.24) is 4.90 Å². The molecule has 0 saturated carbocycles. The summed E-state index contributed by atoms with van der Waals surface area (Å²) in [6.45, 7) is -0.218. The molecule has 1 heterocycles. The average Bonchev–Trinajstić information content (AvgIpc) is 2.64. The minimum Gasteiger partial charge on any atom is -0.748 e. The number of thioether (sulfide) groups is 1. The van der Waals surface area contributed by atoms with Crippen molar-refractivity contribution in [3.8, 4) is 0 Å². The van der Waals surface area contributed by atoms with Crippen LogP contribution < -0.4 is 0 Å². The first-order valence-corrected chi connectivity index (χ1v) is 9.31. The molecule has 1 aromatic carbocycles. The lowest BCUT2D eigenvalue weighted by atomic mass is 10.2. The molecule has 0 spiro atoms. The van der Waals surface area contributed by atoms with Gasteiger partial charge >= 0.3 is 0 Å². The summed E-state index contributed by atoms with van der Waals surface area (Å²) in [7, 11) is -4.38. The van der Waals surface area contributed by atoms with Gasteiger partial charge in [-0.2, -0.15) is 0 Å². The van der Waals surface area contributed by atoms with Gasteiger partial charge in [-0.25, -0.2) is 8.42 Å². The van der Waals surface area contributed by atoms with E-state index in [4.69, 9.17) is 12.2 Å². The van der Waals surface area contributed by atoms with Gasteiger partial charge in [0.15, 0.2) is 0 Å². The van der Waals surface area contributed by atoms with Gasteiger partial charge in [0, 0.05) is 11.0 Å². The number of hydrogen-bond donors (Lipinski definition) is 0. The Hall–Kier alpha value is -0.740. The molecule has 0 unspecified atom stereocenters. The number of thiocarbonyl (C=S) groups is 1. The molecule has 0 aliphatic carbocycles. The summed E-state index contributed by atoms with van der Waals surface area (Å²) in [6, 6.07) is 7.36. The normalized spacial score (nSPS) is 17.8. The minimum atomic E-state index is -4.38. The van der Waals surface area contributed by atoms with Crippen LogP contribution in [-0.2, 0) is 14.9 Å². The molecule has 21 heavy (non-hydrogen) atoms. The number of amides is 1. The molecule has 0 radical (unpaired) electrons. The van der Waals surface area contributed by atoms with Crippen molar-refractivity contribution in [2.75, 3.05) is 12.3 Å². The number of benzene rings is 1. The Morgan fingerprint density at radius 3 is 2.67 bits per heavy atom. The highest BCUT2D eigenvalue weighted by Crippen LogP contribution is 2.33. The zero-order valence-corrected chi connectivity index (χ0v) is 14.5. The number of carbonyl (C=O) groups excluding carboxylic acids is 1. The highest BCUT2D eigenvalue weighted by atomic mass is 79.9. The second-order valence-corrected chi connectivity index (χ2v) is 8.17. The van der Waals surface area contributed by atoms with Gasteiger partial charge < -0.3 is 4.55 Å². The molecule has 1 amide bonds. The van der Waals surface area contributed by atoms with E-state index in [1.54, 1.807) is 6.08 Å². The molecule has 0 N–H and O–H groups in total. The lowest BCUT2D eigenvalue weighted by Gasteiger charge is -2.15. The molecular weight excluding hydrogens is 398 g/mol. The Bertz CT molecular complexity index is 730. The third-order valence-corrected chi connectivity index (χ3v) is 5.41. The van der Waals surface area contributed by atoms with Crippen molar-refractivity contribution in [1.29, 1.82) is 0 Å². The first-order chi connectivity index (χ1) is 9.78. The van der Waals surface area contributed by atoms with E-state index >= 15 is 0 Å². The maximum atomic E-state index is 12.2. The van der Waals surface area contributed by atoms with Gasteiger partial charge in [0.25, 0.3) is 5.91 Å². The maximum Gasteiger partial charge on any atom is 0.266 e. The standard InChI is InChI=1S/C12H10BrNO4S3/c13-9-4-2-1-3-8(9)7-10-11(15)14(12(19)20-10)5-6-21(16,17)18/h1-4,7H,5-6H2,(H,16,17,18)/p-1/b10-7-. The minimum absolute atomic E-state index is 0.218. The summed E-state index contributed by atoms with van der Waals surface area (Å²) in [5.74, 6) is -1.04. The van der Waals surface area contributed by atoms with E-state index < -0.39 is 15.9 Å². The summed E-state index contributed by atoms with van der Waals surface area (Å²) < 4.78 is 33.0. The van der Waals surface area contributed by atoms with Gasteiger partial charge in [-0.05, 0) is 17.7 Å². The summed E-state index contributed by atoms with van der Waals surface area (Å²) in [5, 5.41) is 0. The second kappa shape index (κ2) is 6.57. The highest BCUT2D eigenvalue weighted by molar-refractivity contribution is 9.10. The Morgan fingerprint density at radius 2 is 2.05 bits per heavy atom. The first-order valence-electron chi connectivity index (χ1n) is 5.71. The number of rotatable bonds is 4. The lowest BCUT2D eigenvalue weighted by Crippen LogP contribution is -2.32. The fourth-order valence-electron chi connectivity index (χ4n) is 1.63. The van der Waals surface area contributed by atoms with Crippen molar-refractivity contribution in [3.63, 3.8) is 0 Å². The molecule has 1 fully saturated rings. The van der Waals surface area contributed by atoms with Crippen LogP contribution in [0.15, 0.2) is 33.6 Å². The Labute approximate surface area is 140 Å². The molecule has 0 aromatic heterocycles. The molecule has 1 aromatic rings. The van der Waals surface area contributed by atoms with Crippen LogP contribution >= 0.6 is 39.9 Å². The molecule has 1 aliphatic rings. The summed E-state index contributed by atoms with van der Waals surface area (Å²) in [5.41, 5.74) is 0.814. The highest BCUT2D eigenvalue weighted by Gasteiger charge is 2.32. The molecule has 0 atom stereocenters. The van der Waals surface area contributed by atoms with Gasteiger partial charge in [0.2, 0.25) is 0 Å². The number of nitrogens with zero attached hydrogens (tertiary/aromatic N) is 1. The van der Waals surface area contributed by atoms with Gasteiger partial charge in [-0.1, -0.05) is 58.1 Å². The smallest absolute Gasteiger partial charge is 0.266 e. The quantitative estimate of drug-likeness (QED) is 0.433. The lowest BCUT2D eigenvalue weighted by molar-refractivity contribution is -0.121. The molecule has 1 saturated heterocycles. The van der Waals surface area contributed by atoms with Crippen molar-refractivity contribution in [2.45, 2.75) is 0 Å². The summed E-state index contributed by atoms with van der Waals surface area (Å²) in [4.78, 5) is 13.7. The number of halogens is 1. The topological polar surface area (TPSA) is 77.5 Å². The van der Waals surface area contributed by atoms with Crippen molar-refractivity contribution in [2.24, 2.45) is 0 Å². The largest absolute Gasteiger partial charge is 0.748 e. The van der Waals surface area contributed by atoms with Gasteiger partial charge in [-0.15, -0.1) is 0 Å². The fourth-order valence-corrected chi connectivity index (χ4v) is 3.73. The van der Waals surface area contributed by atoms with E-state index in [2.05, 4.69) is 15.9 Å². The first kappa shape index (κ1) is 16.6. The number of hydrogen-bond acceptors (Lipinski definition) is 6. The number of carbonyl (C=O) groups is 1. The van der Waals surface area contributed by atoms with E-state index in [0.29, 0.717) is 4.91 Å². The fraction of sp³-hybridized carbons (Fsp3) is 0.167. The van der Waals surface area contributed by atoms with Crippen LogP contribution in [0.4, 0.5) is 0 Å². The van der Waals surface area contributed by atoms with Crippen molar-refractivity contribution in [3.05, 3.63) is 39.2 Å². The average molecular weight is 407 g/mol. The molecule has 2 rings (SSSR count). The van der Waals surface area contributed by atoms with E-state index in [-0.39, 0.29) is 16.8 Å². The van der Waals surface area contributed by atoms with E-state index in [0.717, 1.165) is 26.7 Å². The van der Waals surface area contributed by atoms with Crippen molar-refractivity contribution >= 4 is 66.3 Å². The van der Waals surface area contributed by atoms with Crippen LogP contribution in [0.3, 0.4) is 0 Å². The molecule has 5 nitrogen and oxygen atoms in total. The van der Waals surface area contributed by atoms with Crippen LogP contribution in [0.25, 0.3) is 6.08 Å². The van der Waals surface area contributed by atoms with Crippen molar-refractivity contribution < 1.29 is 17.8 Å². The van der Waals surface area contributed by atoms with Gasteiger partial charge in [0.05, 0.1) is 20.8 Å². The predicted molar refractivity (Wildman–Crippen MR) is 88.6 cm³/mol. The predicted octanol–water partition coefficient (Wildman–Crippen LogP) is 2.20. The summed E-state index contributed by atoms with van der Waals surface area (Å²) >= 11 is 9.52. The van der Waals surface area contributed by atoms with Crippen LogP contribution in [-0.4, -0.2) is 40.4 Å². The molecule has 9 heteroatoms. The monoisotopic (exact) mass is 406 g/mol. The van der Waals surface area contributed by atoms with Gasteiger partial charge in [0.1, 0.15) is 4.32 Å². The second-order valence-electron chi connectivity index (χ2n) is 4.12. The Morgan fingerprint density at radius 1 is 1.38 bits per heavy atom. The van der Waals surface area contributed by atoms with Crippen LogP contribution in [0, 0.1) is 0 Å². The third kappa shape index (κ3) is 4.36. The van der Waals surface area contributed by atoms with Crippen LogP contribution in [0.2, 0.25) is 0 Å². The Kier molecular flexibility index (Phi) is 5.20. The van der Waals surface area contributed by atoms with E-state index in [1.165, 1.54) is 0 Å². The molecular formula is C12H9BrNO4S3-.